The minimum absolute atomic E-state index is 0.942. The van der Waals surface area contributed by atoms with Gasteiger partial charge >= 0.3 is 0 Å². The van der Waals surface area contributed by atoms with Crippen LogP contribution in [-0.2, 0) is 6.42 Å². The number of hydrogen-bond donors (Lipinski definition) is 1. The maximum absolute atomic E-state index is 3.24. The fourth-order valence-corrected chi connectivity index (χ4v) is 3.10. The highest BCUT2D eigenvalue weighted by Gasteiger charge is 2.17. The summed E-state index contributed by atoms with van der Waals surface area (Å²) in [6.45, 7) is 0. The first kappa shape index (κ1) is 11.8. The van der Waals surface area contributed by atoms with Crippen LogP contribution in [0.4, 0.5) is 0 Å². The van der Waals surface area contributed by atoms with E-state index in [2.05, 4.69) is 53.5 Å². The van der Waals surface area contributed by atoms with Gasteiger partial charge in [0.05, 0.1) is 0 Å². The first-order valence-corrected chi connectivity index (χ1v) is 7.55. The fraction of sp³-hybridized carbons (Fsp3) is 0.263. The first-order chi connectivity index (χ1) is 9.88. The van der Waals surface area contributed by atoms with Gasteiger partial charge in [-0.05, 0) is 52.6 Å². The number of H-pyrrole nitrogens is 1. The van der Waals surface area contributed by atoms with Crippen LogP contribution < -0.4 is 0 Å². The number of rotatable bonds is 3. The Labute approximate surface area is 119 Å². The van der Waals surface area contributed by atoms with Crippen LogP contribution in [0.1, 0.15) is 24.8 Å². The highest BCUT2D eigenvalue weighted by molar-refractivity contribution is 5.85. The standard InChI is InChI=1S/C19H19N/c1-2-14(3-1)12-15-4-6-16(7-5-15)17-8-9-19-18(13-17)10-11-20-19/h4-11,13-14,20H,1-3,12H2. The molecule has 1 heteroatoms. The zero-order valence-electron chi connectivity index (χ0n) is 11.6. The lowest BCUT2D eigenvalue weighted by atomic mass is 9.81. The Kier molecular flexibility index (Phi) is 2.84. The monoisotopic (exact) mass is 261 g/mol. The van der Waals surface area contributed by atoms with Gasteiger partial charge in [-0.2, -0.15) is 0 Å². The average molecular weight is 261 g/mol. The molecule has 1 fully saturated rings. The van der Waals surface area contributed by atoms with Gasteiger partial charge < -0.3 is 4.98 Å². The lowest BCUT2D eigenvalue weighted by Gasteiger charge is -2.25. The van der Waals surface area contributed by atoms with E-state index in [1.54, 1.807) is 0 Å². The Morgan fingerprint density at radius 2 is 1.70 bits per heavy atom. The van der Waals surface area contributed by atoms with Gasteiger partial charge in [-0.25, -0.2) is 0 Å². The van der Waals surface area contributed by atoms with Crippen LogP contribution in [0.2, 0.25) is 0 Å². The fourth-order valence-electron chi connectivity index (χ4n) is 3.10. The summed E-state index contributed by atoms with van der Waals surface area (Å²) < 4.78 is 0. The zero-order valence-corrected chi connectivity index (χ0v) is 11.6. The molecule has 0 amide bonds. The van der Waals surface area contributed by atoms with Gasteiger partial charge in [-0.15, -0.1) is 0 Å². The number of aromatic amines is 1. The molecule has 4 rings (SSSR count). The third-order valence-corrected chi connectivity index (χ3v) is 4.59. The van der Waals surface area contributed by atoms with Crippen molar-refractivity contribution in [1.29, 1.82) is 0 Å². The molecule has 1 N–H and O–H groups in total. The molecule has 0 spiro atoms. The van der Waals surface area contributed by atoms with Crippen LogP contribution in [0.5, 0.6) is 0 Å². The number of aromatic nitrogens is 1. The number of hydrogen-bond acceptors (Lipinski definition) is 0. The van der Waals surface area contributed by atoms with Crippen molar-refractivity contribution < 1.29 is 0 Å². The Morgan fingerprint density at radius 3 is 2.45 bits per heavy atom. The predicted octanol–water partition coefficient (Wildman–Crippen LogP) is 5.18. The summed E-state index contributed by atoms with van der Waals surface area (Å²) >= 11 is 0. The zero-order chi connectivity index (χ0) is 13.4. The van der Waals surface area contributed by atoms with E-state index in [4.69, 9.17) is 0 Å². The van der Waals surface area contributed by atoms with Gasteiger partial charge in [0.15, 0.2) is 0 Å². The molecule has 3 aromatic rings. The third kappa shape index (κ3) is 2.14. The lowest BCUT2D eigenvalue weighted by molar-refractivity contribution is 0.314. The summed E-state index contributed by atoms with van der Waals surface area (Å²) in [4.78, 5) is 3.24. The van der Waals surface area contributed by atoms with E-state index in [0.717, 1.165) is 5.92 Å². The molecule has 0 aliphatic heterocycles. The van der Waals surface area contributed by atoms with Crippen LogP contribution in [-0.4, -0.2) is 4.98 Å². The molecule has 0 bridgehead atoms. The van der Waals surface area contributed by atoms with Crippen LogP contribution >= 0.6 is 0 Å². The van der Waals surface area contributed by atoms with Crippen molar-refractivity contribution in [3.05, 3.63) is 60.3 Å². The highest BCUT2D eigenvalue weighted by atomic mass is 14.7. The molecule has 0 atom stereocenters. The quantitative estimate of drug-likeness (QED) is 0.669. The Hall–Kier alpha value is -2.02. The van der Waals surface area contributed by atoms with E-state index in [1.165, 1.54) is 53.3 Å². The Morgan fingerprint density at radius 1 is 0.900 bits per heavy atom. The van der Waals surface area contributed by atoms with Crippen molar-refractivity contribution in [2.24, 2.45) is 5.92 Å². The predicted molar refractivity (Wildman–Crippen MR) is 84.8 cm³/mol. The van der Waals surface area contributed by atoms with Crippen molar-refractivity contribution in [2.45, 2.75) is 25.7 Å². The van der Waals surface area contributed by atoms with Crippen molar-refractivity contribution >= 4 is 10.9 Å². The topological polar surface area (TPSA) is 15.8 Å². The summed E-state index contributed by atoms with van der Waals surface area (Å²) in [5, 5.41) is 1.28. The van der Waals surface area contributed by atoms with E-state index >= 15 is 0 Å². The molecule has 100 valence electrons. The van der Waals surface area contributed by atoms with Crippen LogP contribution in [0.3, 0.4) is 0 Å². The normalized spacial score (nSPS) is 15.4. The summed E-state index contributed by atoms with van der Waals surface area (Å²) in [6.07, 6.45) is 7.53. The first-order valence-electron chi connectivity index (χ1n) is 7.55. The maximum atomic E-state index is 3.24. The lowest BCUT2D eigenvalue weighted by Crippen LogP contribution is -2.13. The molecule has 1 saturated carbocycles. The molecule has 0 saturated heterocycles. The molecule has 1 nitrogen and oxygen atoms in total. The van der Waals surface area contributed by atoms with Crippen molar-refractivity contribution in [3.8, 4) is 11.1 Å². The minimum atomic E-state index is 0.942. The van der Waals surface area contributed by atoms with E-state index in [-0.39, 0.29) is 0 Å². The van der Waals surface area contributed by atoms with Crippen molar-refractivity contribution in [3.63, 3.8) is 0 Å². The Balaban J connectivity index is 1.60. The largest absolute Gasteiger partial charge is 0.361 e. The second-order valence-corrected chi connectivity index (χ2v) is 5.98. The van der Waals surface area contributed by atoms with E-state index < -0.39 is 0 Å². The van der Waals surface area contributed by atoms with Gasteiger partial charge in [0.2, 0.25) is 0 Å². The minimum Gasteiger partial charge on any atom is -0.361 e. The molecule has 2 aromatic carbocycles. The number of fused-ring (bicyclic) bond motifs is 1. The molecule has 1 aliphatic carbocycles. The van der Waals surface area contributed by atoms with E-state index in [9.17, 15) is 0 Å². The average Bonchev–Trinajstić information content (AvgIpc) is 2.91. The summed E-state index contributed by atoms with van der Waals surface area (Å²) in [6, 6.07) is 17.9. The van der Waals surface area contributed by atoms with Gasteiger partial charge in [-0.1, -0.05) is 49.6 Å². The van der Waals surface area contributed by atoms with Crippen LogP contribution in [0, 0.1) is 5.92 Å². The molecule has 1 aliphatic rings. The van der Waals surface area contributed by atoms with Crippen molar-refractivity contribution in [1.82, 2.24) is 4.98 Å². The van der Waals surface area contributed by atoms with Gasteiger partial charge in [-0.3, -0.25) is 0 Å². The number of benzene rings is 2. The molecule has 1 heterocycles. The van der Waals surface area contributed by atoms with Crippen LogP contribution in [0.15, 0.2) is 54.7 Å². The van der Waals surface area contributed by atoms with E-state index in [1.807, 2.05) is 6.20 Å². The Bertz CT molecular complexity index is 717. The molecule has 1 aromatic heterocycles. The summed E-state index contributed by atoms with van der Waals surface area (Å²) in [5.41, 5.74) is 5.30. The third-order valence-electron chi connectivity index (χ3n) is 4.59. The molecular formula is C19H19N. The van der Waals surface area contributed by atoms with Gasteiger partial charge in [0, 0.05) is 11.7 Å². The summed E-state index contributed by atoms with van der Waals surface area (Å²) in [7, 11) is 0. The van der Waals surface area contributed by atoms with Crippen molar-refractivity contribution in [2.75, 3.05) is 0 Å². The smallest absolute Gasteiger partial charge is 0.0454 e. The maximum Gasteiger partial charge on any atom is 0.0454 e. The summed E-state index contributed by atoms with van der Waals surface area (Å²) in [5.74, 6) is 0.942. The molecule has 20 heavy (non-hydrogen) atoms. The number of nitrogens with one attached hydrogen (secondary N) is 1. The SMILES string of the molecule is c1cc2cc(-c3ccc(CC4CCC4)cc3)ccc2[nH]1. The molecule has 0 unspecified atom stereocenters. The van der Waals surface area contributed by atoms with E-state index in [0.29, 0.717) is 0 Å². The molecular weight excluding hydrogens is 242 g/mol. The second-order valence-electron chi connectivity index (χ2n) is 5.98. The van der Waals surface area contributed by atoms with Gasteiger partial charge in [0.25, 0.3) is 0 Å². The van der Waals surface area contributed by atoms with Crippen LogP contribution in [0.25, 0.3) is 22.0 Å². The highest BCUT2D eigenvalue weighted by Crippen LogP contribution is 2.30. The molecule has 0 radical (unpaired) electrons. The second kappa shape index (κ2) is 4.82. The van der Waals surface area contributed by atoms with Gasteiger partial charge in [0.1, 0.15) is 0 Å².